The molecule has 0 spiro atoms. The number of amides is 3. The molecule has 3 rings (SSSR count). The fraction of sp³-hybridized carbons (Fsp3) is 0.533. The second-order valence-electron chi connectivity index (χ2n) is 5.75. The van der Waals surface area contributed by atoms with Crippen molar-refractivity contribution in [3.8, 4) is 0 Å². The first-order valence-corrected chi connectivity index (χ1v) is 7.69. The molecule has 7 heteroatoms. The zero-order valence-electron chi connectivity index (χ0n) is 12.5. The van der Waals surface area contributed by atoms with Gasteiger partial charge in [0.15, 0.2) is 0 Å². The molecule has 2 N–H and O–H groups in total. The highest BCUT2D eigenvalue weighted by Gasteiger charge is 2.25. The molecule has 0 radical (unpaired) electrons. The summed E-state index contributed by atoms with van der Waals surface area (Å²) in [7, 11) is 0. The van der Waals surface area contributed by atoms with Crippen LogP contribution in [0.25, 0.3) is 0 Å². The molecule has 22 heavy (non-hydrogen) atoms. The van der Waals surface area contributed by atoms with E-state index in [0.717, 1.165) is 44.8 Å². The Morgan fingerprint density at radius 3 is 2.59 bits per heavy atom. The van der Waals surface area contributed by atoms with Crippen LogP contribution in [0.15, 0.2) is 24.4 Å². The summed E-state index contributed by atoms with van der Waals surface area (Å²) in [6.07, 6.45) is 3.81. The third kappa shape index (κ3) is 4.17. The van der Waals surface area contributed by atoms with Crippen LogP contribution in [-0.4, -0.2) is 60.6 Å². The Kier molecular flexibility index (Phi) is 4.53. The third-order valence-electron chi connectivity index (χ3n) is 3.88. The fourth-order valence-electron chi connectivity index (χ4n) is 2.49. The van der Waals surface area contributed by atoms with Gasteiger partial charge in [-0.1, -0.05) is 6.07 Å². The van der Waals surface area contributed by atoms with Crippen molar-refractivity contribution < 1.29 is 9.59 Å². The van der Waals surface area contributed by atoms with Crippen molar-refractivity contribution >= 4 is 17.8 Å². The number of pyridine rings is 1. The highest BCUT2D eigenvalue weighted by molar-refractivity contribution is 5.95. The van der Waals surface area contributed by atoms with E-state index in [2.05, 4.69) is 25.4 Å². The largest absolute Gasteiger partial charge is 0.354 e. The Balaban J connectivity index is 1.39. The van der Waals surface area contributed by atoms with Crippen LogP contribution in [0, 0.1) is 0 Å². The normalized spacial score (nSPS) is 18.8. The maximum atomic E-state index is 11.8. The minimum Gasteiger partial charge on any atom is -0.354 e. The van der Waals surface area contributed by atoms with Crippen LogP contribution >= 0.6 is 0 Å². The lowest BCUT2D eigenvalue weighted by Gasteiger charge is -2.34. The quantitative estimate of drug-likeness (QED) is 0.830. The van der Waals surface area contributed by atoms with Crippen molar-refractivity contribution in [1.29, 1.82) is 0 Å². The predicted octanol–water partition coefficient (Wildman–Crippen LogP) is 0.192. The van der Waals surface area contributed by atoms with Gasteiger partial charge in [0.2, 0.25) is 5.91 Å². The van der Waals surface area contributed by atoms with Gasteiger partial charge in [0.1, 0.15) is 5.82 Å². The molecule has 1 saturated heterocycles. The van der Waals surface area contributed by atoms with E-state index < -0.39 is 0 Å². The zero-order chi connectivity index (χ0) is 15.4. The monoisotopic (exact) mass is 303 g/mol. The van der Waals surface area contributed by atoms with Crippen LogP contribution in [-0.2, 0) is 4.79 Å². The van der Waals surface area contributed by atoms with Gasteiger partial charge < -0.3 is 10.2 Å². The number of nitrogens with zero attached hydrogens (tertiary/aromatic N) is 3. The van der Waals surface area contributed by atoms with E-state index in [1.54, 1.807) is 6.20 Å². The number of imide groups is 1. The van der Waals surface area contributed by atoms with Gasteiger partial charge in [-0.15, -0.1) is 0 Å². The van der Waals surface area contributed by atoms with E-state index in [4.69, 9.17) is 0 Å². The molecule has 7 nitrogen and oxygen atoms in total. The van der Waals surface area contributed by atoms with Crippen molar-refractivity contribution in [2.24, 2.45) is 0 Å². The number of piperazine rings is 1. The molecular formula is C15H21N5O2. The number of carbonyl (C=O) groups excluding carboxylic acids is 2. The first-order chi connectivity index (χ1) is 10.7. The zero-order valence-corrected chi connectivity index (χ0v) is 12.5. The van der Waals surface area contributed by atoms with Gasteiger partial charge in [0.05, 0.1) is 6.54 Å². The van der Waals surface area contributed by atoms with Crippen molar-refractivity contribution in [3.63, 3.8) is 0 Å². The van der Waals surface area contributed by atoms with E-state index in [9.17, 15) is 9.59 Å². The molecule has 0 bridgehead atoms. The number of aromatic nitrogens is 1. The van der Waals surface area contributed by atoms with Gasteiger partial charge >= 0.3 is 6.03 Å². The van der Waals surface area contributed by atoms with Crippen molar-refractivity contribution in [3.05, 3.63) is 24.4 Å². The number of nitrogens with one attached hydrogen (secondary N) is 2. The summed E-state index contributed by atoms with van der Waals surface area (Å²) in [4.78, 5) is 31.9. The Bertz CT molecular complexity index is 524. The van der Waals surface area contributed by atoms with E-state index in [0.29, 0.717) is 0 Å². The number of carbonyl (C=O) groups is 2. The molecule has 1 saturated carbocycles. The first kappa shape index (κ1) is 14.8. The van der Waals surface area contributed by atoms with Crippen LogP contribution in [0.1, 0.15) is 12.8 Å². The molecule has 1 aromatic heterocycles. The molecule has 1 aliphatic carbocycles. The second-order valence-corrected chi connectivity index (χ2v) is 5.75. The fourth-order valence-corrected chi connectivity index (χ4v) is 2.49. The second kappa shape index (κ2) is 6.74. The summed E-state index contributed by atoms with van der Waals surface area (Å²) in [6, 6.07) is 5.75. The maximum absolute atomic E-state index is 11.8. The summed E-state index contributed by atoms with van der Waals surface area (Å²) < 4.78 is 0. The SMILES string of the molecule is O=C(CN1CCN(c2ccccn2)CC1)NC(=O)NC1CC1. The highest BCUT2D eigenvalue weighted by atomic mass is 16.2. The van der Waals surface area contributed by atoms with Crippen LogP contribution in [0.5, 0.6) is 0 Å². The minimum atomic E-state index is -0.375. The van der Waals surface area contributed by atoms with Gasteiger partial charge in [0, 0.05) is 38.4 Å². The molecule has 2 aliphatic rings. The maximum Gasteiger partial charge on any atom is 0.321 e. The topological polar surface area (TPSA) is 77.6 Å². The molecule has 0 aromatic carbocycles. The van der Waals surface area contributed by atoms with Gasteiger partial charge in [-0.3, -0.25) is 15.0 Å². The van der Waals surface area contributed by atoms with Gasteiger partial charge in [0.25, 0.3) is 0 Å². The van der Waals surface area contributed by atoms with Crippen LogP contribution in [0.3, 0.4) is 0 Å². The molecule has 1 aromatic rings. The minimum absolute atomic E-state index is 0.246. The number of urea groups is 1. The summed E-state index contributed by atoms with van der Waals surface area (Å²) in [5.74, 6) is 0.722. The lowest BCUT2D eigenvalue weighted by molar-refractivity contribution is -0.121. The predicted molar refractivity (Wildman–Crippen MR) is 82.6 cm³/mol. The molecule has 3 amide bonds. The van der Waals surface area contributed by atoms with E-state index in [1.807, 2.05) is 18.2 Å². The smallest absolute Gasteiger partial charge is 0.321 e. The van der Waals surface area contributed by atoms with Crippen LogP contribution < -0.4 is 15.5 Å². The van der Waals surface area contributed by atoms with E-state index in [-0.39, 0.29) is 24.5 Å². The molecular weight excluding hydrogens is 282 g/mol. The molecule has 0 atom stereocenters. The number of hydrogen-bond acceptors (Lipinski definition) is 5. The first-order valence-electron chi connectivity index (χ1n) is 7.69. The molecule has 2 heterocycles. The summed E-state index contributed by atoms with van der Waals surface area (Å²) in [5, 5.41) is 5.13. The van der Waals surface area contributed by atoms with E-state index >= 15 is 0 Å². The van der Waals surface area contributed by atoms with Gasteiger partial charge in [-0.2, -0.15) is 0 Å². The van der Waals surface area contributed by atoms with Crippen LogP contribution in [0.2, 0.25) is 0 Å². The number of hydrogen-bond donors (Lipinski definition) is 2. The Morgan fingerprint density at radius 1 is 1.18 bits per heavy atom. The summed E-state index contributed by atoms with van der Waals surface area (Å²) in [5.41, 5.74) is 0. The summed E-state index contributed by atoms with van der Waals surface area (Å²) in [6.45, 7) is 3.49. The molecule has 0 unspecified atom stereocenters. The summed E-state index contributed by atoms with van der Waals surface area (Å²) >= 11 is 0. The average Bonchev–Trinajstić information content (AvgIpc) is 3.32. The van der Waals surface area contributed by atoms with Gasteiger partial charge in [-0.05, 0) is 25.0 Å². The van der Waals surface area contributed by atoms with Crippen molar-refractivity contribution in [2.45, 2.75) is 18.9 Å². The molecule has 2 fully saturated rings. The van der Waals surface area contributed by atoms with E-state index in [1.165, 1.54) is 0 Å². The number of anilines is 1. The Hall–Kier alpha value is -2.15. The highest BCUT2D eigenvalue weighted by Crippen LogP contribution is 2.18. The Morgan fingerprint density at radius 2 is 1.95 bits per heavy atom. The van der Waals surface area contributed by atoms with Crippen molar-refractivity contribution in [1.82, 2.24) is 20.5 Å². The van der Waals surface area contributed by atoms with Crippen molar-refractivity contribution in [2.75, 3.05) is 37.6 Å². The molecule has 118 valence electrons. The number of rotatable bonds is 4. The van der Waals surface area contributed by atoms with Crippen LogP contribution in [0.4, 0.5) is 10.6 Å². The Labute approximate surface area is 129 Å². The molecule has 1 aliphatic heterocycles. The van der Waals surface area contributed by atoms with Gasteiger partial charge in [-0.25, -0.2) is 9.78 Å². The lowest BCUT2D eigenvalue weighted by atomic mass is 10.3. The standard InChI is InChI=1S/C15H21N5O2/c21-14(18-15(22)17-12-4-5-12)11-19-7-9-20(10-8-19)13-3-1-2-6-16-13/h1-3,6,12H,4-5,7-11H2,(H2,17,18,21,22). The average molecular weight is 303 g/mol. The third-order valence-corrected chi connectivity index (χ3v) is 3.88. The lowest BCUT2D eigenvalue weighted by Crippen LogP contribution is -2.51.